The van der Waals surface area contributed by atoms with Crippen molar-refractivity contribution in [2.75, 3.05) is 46.8 Å². The monoisotopic (exact) mass is 481 g/mol. The van der Waals surface area contributed by atoms with Gasteiger partial charge >= 0.3 is 0 Å². The number of likely N-dealkylation sites (tertiary alicyclic amines) is 1. The van der Waals surface area contributed by atoms with Crippen molar-refractivity contribution in [1.29, 1.82) is 0 Å². The van der Waals surface area contributed by atoms with Crippen LogP contribution in [0.2, 0.25) is 0 Å². The molecule has 0 aromatic rings. The van der Waals surface area contributed by atoms with E-state index in [1.807, 2.05) is 0 Å². The minimum atomic E-state index is -0.192. The van der Waals surface area contributed by atoms with Crippen LogP contribution in [0, 0.1) is 5.92 Å². The number of piperidine rings is 1. The number of halogens is 1. The maximum atomic E-state index is 11.2. The molecule has 0 radical (unpaired) electrons. The maximum Gasteiger partial charge on any atom is 0.217 e. The Kier molecular flexibility index (Phi) is 15.1. The first-order valence-corrected chi connectivity index (χ1v) is 9.99. The highest BCUT2D eigenvalue weighted by atomic mass is 127. The summed E-state index contributed by atoms with van der Waals surface area (Å²) in [4.78, 5) is 20.5. The lowest BCUT2D eigenvalue weighted by Gasteiger charge is -2.34. The van der Waals surface area contributed by atoms with Gasteiger partial charge in [0.1, 0.15) is 0 Å². The van der Waals surface area contributed by atoms with Gasteiger partial charge in [-0.05, 0) is 59.2 Å². The molecule has 154 valence electrons. The maximum absolute atomic E-state index is 11.2. The van der Waals surface area contributed by atoms with Crippen molar-refractivity contribution in [3.8, 4) is 0 Å². The minimum absolute atomic E-state index is 0. The van der Waals surface area contributed by atoms with Gasteiger partial charge in [0.15, 0.2) is 5.96 Å². The second-order valence-electron chi connectivity index (χ2n) is 7.43. The van der Waals surface area contributed by atoms with Gasteiger partial charge in [0.25, 0.3) is 0 Å². The molecule has 0 aliphatic carbocycles. The highest BCUT2D eigenvalue weighted by Crippen LogP contribution is 2.19. The number of hydrogen-bond donors (Lipinski definition) is 2. The zero-order chi connectivity index (χ0) is 18.5. The van der Waals surface area contributed by atoms with Crippen LogP contribution in [0.4, 0.5) is 0 Å². The number of carbonyl (C=O) groups is 1. The molecule has 1 heterocycles. The van der Waals surface area contributed by atoms with Crippen LogP contribution in [-0.2, 0) is 4.79 Å². The first-order valence-electron chi connectivity index (χ1n) is 9.99. The van der Waals surface area contributed by atoms with Gasteiger partial charge in [0.05, 0.1) is 0 Å². The topological polar surface area (TPSA) is 74.0 Å². The number of amides is 1. The highest BCUT2D eigenvalue weighted by Gasteiger charge is 2.23. The molecule has 26 heavy (non-hydrogen) atoms. The molecule has 1 fully saturated rings. The Hall–Kier alpha value is -0.570. The molecule has 0 spiro atoms. The van der Waals surface area contributed by atoms with E-state index in [-0.39, 0.29) is 29.9 Å². The van der Waals surface area contributed by atoms with Crippen LogP contribution < -0.4 is 11.1 Å². The number of aliphatic imine (C=N–C) groups is 1. The Morgan fingerprint density at radius 2 is 1.92 bits per heavy atom. The molecule has 0 bridgehead atoms. The molecule has 6 nitrogen and oxygen atoms in total. The second kappa shape index (κ2) is 15.5. The average molecular weight is 481 g/mol. The minimum Gasteiger partial charge on any atom is -0.370 e. The Morgan fingerprint density at radius 3 is 2.58 bits per heavy atom. The number of nitrogens with zero attached hydrogens (tertiary/aromatic N) is 3. The van der Waals surface area contributed by atoms with Crippen molar-refractivity contribution in [1.82, 2.24) is 15.1 Å². The van der Waals surface area contributed by atoms with Gasteiger partial charge in [-0.25, -0.2) is 0 Å². The lowest BCUT2D eigenvalue weighted by Crippen LogP contribution is -2.47. The first-order chi connectivity index (χ1) is 12.0. The molecule has 1 atom stereocenters. The van der Waals surface area contributed by atoms with Gasteiger partial charge < -0.3 is 20.9 Å². The number of guanidine groups is 1. The molecule has 1 rings (SSSR count). The van der Waals surface area contributed by atoms with E-state index in [1.54, 1.807) is 0 Å². The fourth-order valence-corrected chi connectivity index (χ4v) is 3.39. The number of unbranched alkanes of at least 4 members (excludes halogenated alkanes) is 4. The smallest absolute Gasteiger partial charge is 0.217 e. The number of hydrogen-bond acceptors (Lipinski definition) is 3. The predicted octanol–water partition coefficient (Wildman–Crippen LogP) is 2.67. The van der Waals surface area contributed by atoms with Gasteiger partial charge in [-0.15, -0.1) is 24.0 Å². The van der Waals surface area contributed by atoms with Crippen molar-refractivity contribution in [2.24, 2.45) is 16.6 Å². The highest BCUT2D eigenvalue weighted by molar-refractivity contribution is 14.0. The molecule has 0 aromatic heterocycles. The van der Waals surface area contributed by atoms with Crippen LogP contribution in [-0.4, -0.2) is 68.5 Å². The van der Waals surface area contributed by atoms with E-state index in [4.69, 9.17) is 10.7 Å². The Balaban J connectivity index is 0.00000625. The van der Waals surface area contributed by atoms with Gasteiger partial charge in [-0.1, -0.05) is 19.3 Å². The summed E-state index contributed by atoms with van der Waals surface area (Å²) in [6.45, 7) is 6.95. The average Bonchev–Trinajstić information content (AvgIpc) is 2.55. The van der Waals surface area contributed by atoms with Crippen LogP contribution in [0.25, 0.3) is 0 Å². The molecule has 1 saturated heterocycles. The van der Waals surface area contributed by atoms with Crippen molar-refractivity contribution in [3.63, 3.8) is 0 Å². The second-order valence-corrected chi connectivity index (χ2v) is 7.43. The summed E-state index contributed by atoms with van der Waals surface area (Å²) in [7, 11) is 4.26. The quantitative estimate of drug-likeness (QED) is 0.206. The fourth-order valence-electron chi connectivity index (χ4n) is 3.39. The van der Waals surface area contributed by atoms with E-state index in [1.165, 1.54) is 32.2 Å². The predicted molar refractivity (Wildman–Crippen MR) is 121 cm³/mol. The zero-order valence-electron chi connectivity index (χ0n) is 17.0. The summed E-state index contributed by atoms with van der Waals surface area (Å²) in [5.41, 5.74) is 5.36. The van der Waals surface area contributed by atoms with Crippen LogP contribution in [0.1, 0.15) is 58.3 Å². The van der Waals surface area contributed by atoms with Gasteiger partial charge in [-0.3, -0.25) is 9.79 Å². The normalized spacial score (nSPS) is 17.9. The number of nitrogens with two attached hydrogens (primary N) is 1. The molecule has 7 heteroatoms. The lowest BCUT2D eigenvalue weighted by atomic mass is 9.95. The van der Waals surface area contributed by atoms with E-state index in [0.29, 0.717) is 12.3 Å². The molecule has 1 amide bonds. The summed E-state index contributed by atoms with van der Waals surface area (Å²) in [6.07, 6.45) is 8.97. The summed E-state index contributed by atoms with van der Waals surface area (Å²) in [5.74, 6) is 1.18. The van der Waals surface area contributed by atoms with Crippen molar-refractivity contribution >= 4 is 35.8 Å². The van der Waals surface area contributed by atoms with Crippen LogP contribution in [0.15, 0.2) is 4.99 Å². The van der Waals surface area contributed by atoms with Gasteiger partial charge in [0, 0.05) is 32.6 Å². The number of nitrogens with one attached hydrogen (secondary N) is 1. The number of carbonyl (C=O) groups excluding carboxylic acids is 1. The Labute approximate surface area is 177 Å². The Bertz CT molecular complexity index is 403. The van der Waals surface area contributed by atoms with Crippen LogP contribution >= 0.6 is 24.0 Å². The van der Waals surface area contributed by atoms with E-state index in [2.05, 4.69) is 36.1 Å². The third-order valence-corrected chi connectivity index (χ3v) is 4.67. The van der Waals surface area contributed by atoms with E-state index in [9.17, 15) is 4.79 Å². The zero-order valence-corrected chi connectivity index (χ0v) is 19.3. The molecular formula is C19H40IN5O. The Morgan fingerprint density at radius 1 is 1.23 bits per heavy atom. The summed E-state index contributed by atoms with van der Waals surface area (Å²) in [6, 6.07) is 0. The van der Waals surface area contributed by atoms with E-state index < -0.39 is 0 Å². The van der Waals surface area contributed by atoms with Gasteiger partial charge in [0.2, 0.25) is 5.91 Å². The SMILES string of the molecule is CCNC(=NCCCCCCCN(C)C)N1CCCC(CC(N)=O)C1.I. The molecule has 1 unspecified atom stereocenters. The molecular weight excluding hydrogens is 441 g/mol. The first kappa shape index (κ1) is 25.4. The molecule has 0 saturated carbocycles. The van der Waals surface area contributed by atoms with Crippen molar-refractivity contribution in [2.45, 2.75) is 58.3 Å². The van der Waals surface area contributed by atoms with Gasteiger partial charge in [-0.2, -0.15) is 0 Å². The van der Waals surface area contributed by atoms with Crippen LogP contribution in [0.5, 0.6) is 0 Å². The summed E-state index contributed by atoms with van der Waals surface area (Å²) in [5, 5.41) is 3.40. The van der Waals surface area contributed by atoms with Crippen LogP contribution in [0.3, 0.4) is 0 Å². The fraction of sp³-hybridized carbons (Fsp3) is 0.895. The largest absolute Gasteiger partial charge is 0.370 e. The third-order valence-electron chi connectivity index (χ3n) is 4.67. The molecule has 3 N–H and O–H groups in total. The van der Waals surface area contributed by atoms with E-state index in [0.717, 1.165) is 51.4 Å². The number of rotatable bonds is 11. The number of primary amides is 1. The molecule has 0 aromatic carbocycles. The molecule has 1 aliphatic rings. The molecule has 1 aliphatic heterocycles. The standard InChI is InChI=1S/C19H39N5O.HI/c1-4-21-19(22-12-8-6-5-7-9-13-23(2)3)24-14-10-11-17(16-24)15-18(20)25;/h17H,4-16H2,1-3H3,(H2,20,25)(H,21,22);1H. The summed E-state index contributed by atoms with van der Waals surface area (Å²) < 4.78 is 0. The van der Waals surface area contributed by atoms with E-state index >= 15 is 0 Å². The summed E-state index contributed by atoms with van der Waals surface area (Å²) >= 11 is 0. The van der Waals surface area contributed by atoms with Crippen molar-refractivity contribution in [3.05, 3.63) is 0 Å². The van der Waals surface area contributed by atoms with Crippen molar-refractivity contribution < 1.29 is 4.79 Å². The lowest BCUT2D eigenvalue weighted by molar-refractivity contribution is -0.119. The third kappa shape index (κ3) is 11.9.